The van der Waals surface area contributed by atoms with Crippen LogP contribution in [0.15, 0.2) is 18.5 Å². The molecule has 16 heavy (non-hydrogen) atoms. The number of hydrogen-bond donors (Lipinski definition) is 1. The minimum atomic E-state index is -0.0128. The molecule has 5 heteroatoms. The van der Waals surface area contributed by atoms with E-state index in [4.69, 9.17) is 4.74 Å². The lowest BCUT2D eigenvalue weighted by Gasteiger charge is -1.98. The lowest BCUT2D eigenvalue weighted by molar-refractivity contribution is -0.118. The molecule has 1 N–H and O–H groups in total. The predicted molar refractivity (Wildman–Crippen MR) is 60.9 cm³/mol. The third-order valence-corrected chi connectivity index (χ3v) is 1.83. The van der Waals surface area contributed by atoms with Crippen molar-refractivity contribution in [3.63, 3.8) is 0 Å². The third kappa shape index (κ3) is 4.54. The Morgan fingerprint density at radius 1 is 1.50 bits per heavy atom. The predicted octanol–water partition coefficient (Wildman–Crippen LogP) is 1.02. The summed E-state index contributed by atoms with van der Waals surface area (Å²) in [7, 11) is 1.53. The molecule has 1 aromatic heterocycles. The van der Waals surface area contributed by atoms with E-state index >= 15 is 0 Å². The summed E-state index contributed by atoms with van der Waals surface area (Å²) in [5.74, 6) is -0.0128. The Kier molecular flexibility index (Phi) is 4.98. The van der Waals surface area contributed by atoms with Gasteiger partial charge in [-0.2, -0.15) is 0 Å². The number of rotatable bonds is 5. The first-order valence-electron chi connectivity index (χ1n) is 4.99. The zero-order chi connectivity index (χ0) is 11.8. The standard InChI is InChI=1S/C11H15N3O2/c1-9(15)12-6-4-3-5-10-7-13-11(16-2)14-8-10/h3,5,7-8H,4,6H2,1-2H3,(H,12,15). The Morgan fingerprint density at radius 3 is 2.75 bits per heavy atom. The maximum atomic E-state index is 10.6. The van der Waals surface area contributed by atoms with E-state index in [2.05, 4.69) is 15.3 Å². The lowest BCUT2D eigenvalue weighted by atomic mass is 10.3. The van der Waals surface area contributed by atoms with Gasteiger partial charge in [-0.25, -0.2) is 9.97 Å². The number of aromatic nitrogens is 2. The number of hydrogen-bond acceptors (Lipinski definition) is 4. The fraction of sp³-hybridized carbons (Fsp3) is 0.364. The Balaban J connectivity index is 2.35. The molecule has 5 nitrogen and oxygen atoms in total. The van der Waals surface area contributed by atoms with Crippen molar-refractivity contribution in [3.8, 4) is 6.01 Å². The van der Waals surface area contributed by atoms with Crippen LogP contribution in [-0.4, -0.2) is 29.5 Å². The van der Waals surface area contributed by atoms with E-state index in [9.17, 15) is 4.79 Å². The monoisotopic (exact) mass is 221 g/mol. The molecule has 0 aliphatic carbocycles. The van der Waals surface area contributed by atoms with Crippen molar-refractivity contribution >= 4 is 12.0 Å². The van der Waals surface area contributed by atoms with Crippen LogP contribution in [0.4, 0.5) is 0 Å². The van der Waals surface area contributed by atoms with Crippen molar-refractivity contribution in [1.29, 1.82) is 0 Å². The highest BCUT2D eigenvalue weighted by Gasteiger charge is 1.92. The number of nitrogens with zero attached hydrogens (tertiary/aromatic N) is 2. The molecule has 0 aliphatic heterocycles. The molecule has 0 unspecified atom stereocenters. The average molecular weight is 221 g/mol. The molecule has 86 valence electrons. The number of nitrogens with one attached hydrogen (secondary N) is 1. The molecule has 0 aromatic carbocycles. The second kappa shape index (κ2) is 6.55. The second-order valence-corrected chi connectivity index (χ2v) is 3.18. The Hall–Kier alpha value is -1.91. The first-order valence-corrected chi connectivity index (χ1v) is 4.99. The molecule has 1 aromatic rings. The third-order valence-electron chi connectivity index (χ3n) is 1.83. The summed E-state index contributed by atoms with van der Waals surface area (Å²) in [6, 6.07) is 0.357. The number of carbonyl (C=O) groups excluding carboxylic acids is 1. The maximum Gasteiger partial charge on any atom is 0.316 e. The Bertz CT molecular complexity index is 360. The first-order chi connectivity index (χ1) is 7.72. The summed E-state index contributed by atoms with van der Waals surface area (Å²) in [6.45, 7) is 2.14. The summed E-state index contributed by atoms with van der Waals surface area (Å²) in [5, 5.41) is 2.71. The fourth-order valence-corrected chi connectivity index (χ4v) is 1.07. The Labute approximate surface area is 94.6 Å². The molecule has 0 spiro atoms. The highest BCUT2D eigenvalue weighted by molar-refractivity contribution is 5.72. The van der Waals surface area contributed by atoms with E-state index in [0.29, 0.717) is 12.6 Å². The van der Waals surface area contributed by atoms with Crippen LogP contribution in [0.1, 0.15) is 18.9 Å². The molecule has 1 heterocycles. The Morgan fingerprint density at radius 2 is 2.19 bits per heavy atom. The van der Waals surface area contributed by atoms with Gasteiger partial charge in [-0.1, -0.05) is 12.2 Å². The summed E-state index contributed by atoms with van der Waals surface area (Å²) in [4.78, 5) is 18.5. The van der Waals surface area contributed by atoms with Gasteiger partial charge in [0.2, 0.25) is 5.91 Å². The van der Waals surface area contributed by atoms with Gasteiger partial charge in [-0.05, 0) is 6.42 Å². The second-order valence-electron chi connectivity index (χ2n) is 3.18. The molecule has 0 saturated heterocycles. The molecule has 0 bridgehead atoms. The van der Waals surface area contributed by atoms with Gasteiger partial charge in [-0.3, -0.25) is 4.79 Å². The van der Waals surface area contributed by atoms with Gasteiger partial charge in [0.15, 0.2) is 0 Å². The van der Waals surface area contributed by atoms with Crippen molar-refractivity contribution in [2.45, 2.75) is 13.3 Å². The minimum absolute atomic E-state index is 0.0128. The zero-order valence-electron chi connectivity index (χ0n) is 9.43. The number of amides is 1. The van der Waals surface area contributed by atoms with Crippen molar-refractivity contribution < 1.29 is 9.53 Å². The van der Waals surface area contributed by atoms with Crippen LogP contribution in [0.25, 0.3) is 6.08 Å². The van der Waals surface area contributed by atoms with Gasteiger partial charge in [0.05, 0.1) is 7.11 Å². The molecule has 0 fully saturated rings. The van der Waals surface area contributed by atoms with E-state index in [-0.39, 0.29) is 5.91 Å². The smallest absolute Gasteiger partial charge is 0.316 e. The minimum Gasteiger partial charge on any atom is -0.467 e. The molecular weight excluding hydrogens is 206 g/mol. The van der Waals surface area contributed by atoms with Crippen molar-refractivity contribution in [2.75, 3.05) is 13.7 Å². The molecule has 1 amide bonds. The van der Waals surface area contributed by atoms with Crippen LogP contribution in [0, 0.1) is 0 Å². The largest absolute Gasteiger partial charge is 0.467 e. The number of carbonyl (C=O) groups is 1. The van der Waals surface area contributed by atoms with Gasteiger partial charge in [0.25, 0.3) is 0 Å². The highest BCUT2D eigenvalue weighted by Crippen LogP contribution is 2.03. The van der Waals surface area contributed by atoms with Gasteiger partial charge in [0.1, 0.15) is 0 Å². The molecule has 0 aliphatic rings. The van der Waals surface area contributed by atoms with Crippen LogP contribution in [0.3, 0.4) is 0 Å². The zero-order valence-corrected chi connectivity index (χ0v) is 9.43. The van der Waals surface area contributed by atoms with Crippen LogP contribution in [0.5, 0.6) is 6.01 Å². The highest BCUT2D eigenvalue weighted by atomic mass is 16.5. The molecular formula is C11H15N3O2. The fourth-order valence-electron chi connectivity index (χ4n) is 1.07. The van der Waals surface area contributed by atoms with Crippen LogP contribution < -0.4 is 10.1 Å². The topological polar surface area (TPSA) is 64.1 Å². The lowest BCUT2D eigenvalue weighted by Crippen LogP contribution is -2.20. The van der Waals surface area contributed by atoms with E-state index < -0.39 is 0 Å². The van der Waals surface area contributed by atoms with Gasteiger partial charge < -0.3 is 10.1 Å². The SMILES string of the molecule is COc1ncc(C=CCCNC(C)=O)cn1. The van der Waals surface area contributed by atoms with E-state index in [1.807, 2.05) is 12.2 Å². The van der Waals surface area contributed by atoms with E-state index in [1.165, 1.54) is 14.0 Å². The van der Waals surface area contributed by atoms with Gasteiger partial charge in [0, 0.05) is 31.4 Å². The van der Waals surface area contributed by atoms with Crippen LogP contribution in [0.2, 0.25) is 0 Å². The molecule has 0 saturated carbocycles. The maximum absolute atomic E-state index is 10.6. The molecule has 0 radical (unpaired) electrons. The van der Waals surface area contributed by atoms with Gasteiger partial charge in [-0.15, -0.1) is 0 Å². The number of methoxy groups -OCH3 is 1. The normalized spacial score (nSPS) is 10.4. The average Bonchev–Trinajstić information content (AvgIpc) is 2.29. The summed E-state index contributed by atoms with van der Waals surface area (Å²) < 4.78 is 4.84. The van der Waals surface area contributed by atoms with Crippen LogP contribution in [-0.2, 0) is 4.79 Å². The van der Waals surface area contributed by atoms with Crippen LogP contribution >= 0.6 is 0 Å². The van der Waals surface area contributed by atoms with Crippen molar-refractivity contribution in [2.24, 2.45) is 0 Å². The van der Waals surface area contributed by atoms with E-state index in [0.717, 1.165) is 12.0 Å². The summed E-state index contributed by atoms with van der Waals surface area (Å²) in [5.41, 5.74) is 0.906. The van der Waals surface area contributed by atoms with Gasteiger partial charge >= 0.3 is 6.01 Å². The summed E-state index contributed by atoms with van der Waals surface area (Å²) >= 11 is 0. The summed E-state index contributed by atoms with van der Waals surface area (Å²) in [6.07, 6.45) is 8.01. The van der Waals surface area contributed by atoms with E-state index in [1.54, 1.807) is 12.4 Å². The molecule has 1 rings (SSSR count). The van der Waals surface area contributed by atoms with Crippen molar-refractivity contribution in [3.05, 3.63) is 24.0 Å². The molecule has 0 atom stereocenters. The van der Waals surface area contributed by atoms with Crippen molar-refractivity contribution in [1.82, 2.24) is 15.3 Å². The quantitative estimate of drug-likeness (QED) is 0.754. The number of ether oxygens (including phenoxy) is 1. The first kappa shape index (κ1) is 12.2.